The topological polar surface area (TPSA) is 37.4 Å². The van der Waals surface area contributed by atoms with Gasteiger partial charge in [0.1, 0.15) is 5.75 Å². The first-order valence-corrected chi connectivity index (χ1v) is 8.75. The quantitative estimate of drug-likeness (QED) is 0.871. The highest BCUT2D eigenvalue weighted by Crippen LogP contribution is 2.34. The van der Waals surface area contributed by atoms with E-state index in [1.54, 1.807) is 7.11 Å². The molecule has 4 nitrogen and oxygen atoms in total. The normalized spacial score (nSPS) is 17.0. The van der Waals surface area contributed by atoms with Crippen LogP contribution in [0, 0.1) is 0 Å². The van der Waals surface area contributed by atoms with Crippen LogP contribution in [0.4, 0.5) is 0 Å². The summed E-state index contributed by atoms with van der Waals surface area (Å²) >= 11 is 3.60. The summed E-state index contributed by atoms with van der Waals surface area (Å²) in [6.07, 6.45) is 2.75. The van der Waals surface area contributed by atoms with Crippen LogP contribution in [0.15, 0.2) is 47.1 Å². The lowest BCUT2D eigenvalue weighted by molar-refractivity contribution is 0.169. The number of nitrogens with one attached hydrogen (secondary N) is 1. The lowest BCUT2D eigenvalue weighted by atomic mass is 9.98. The number of pyridine rings is 1. The molecular formula is C18H22BrN3O. The van der Waals surface area contributed by atoms with Gasteiger partial charge in [-0.1, -0.05) is 22.0 Å². The zero-order valence-corrected chi connectivity index (χ0v) is 14.9. The van der Waals surface area contributed by atoms with Gasteiger partial charge < -0.3 is 10.1 Å². The Kier molecular flexibility index (Phi) is 5.65. The molecule has 1 N–H and O–H groups in total. The van der Waals surface area contributed by atoms with Crippen LogP contribution in [0.25, 0.3) is 0 Å². The third-order valence-electron chi connectivity index (χ3n) is 4.27. The minimum Gasteiger partial charge on any atom is -0.496 e. The molecule has 1 atom stereocenters. The second-order valence-electron chi connectivity index (χ2n) is 5.71. The molecule has 0 spiro atoms. The van der Waals surface area contributed by atoms with Gasteiger partial charge in [-0.25, -0.2) is 0 Å². The van der Waals surface area contributed by atoms with Crippen LogP contribution in [0.3, 0.4) is 0 Å². The van der Waals surface area contributed by atoms with Crippen molar-refractivity contribution in [2.75, 3.05) is 33.3 Å². The minimum absolute atomic E-state index is 0.263. The largest absolute Gasteiger partial charge is 0.496 e. The maximum atomic E-state index is 5.63. The fourth-order valence-electron chi connectivity index (χ4n) is 3.11. The summed E-state index contributed by atoms with van der Waals surface area (Å²) in [6.45, 7) is 4.12. The number of methoxy groups -OCH3 is 1. The summed E-state index contributed by atoms with van der Waals surface area (Å²) in [5.74, 6) is 0.938. The van der Waals surface area contributed by atoms with Gasteiger partial charge in [-0.2, -0.15) is 0 Å². The summed E-state index contributed by atoms with van der Waals surface area (Å²) in [5.41, 5.74) is 2.33. The Morgan fingerprint density at radius 1 is 1.26 bits per heavy atom. The van der Waals surface area contributed by atoms with Crippen LogP contribution in [0.2, 0.25) is 0 Å². The summed E-state index contributed by atoms with van der Waals surface area (Å²) < 4.78 is 6.70. The first kappa shape index (κ1) is 16.4. The van der Waals surface area contributed by atoms with Gasteiger partial charge >= 0.3 is 0 Å². The molecule has 1 aromatic heterocycles. The van der Waals surface area contributed by atoms with Gasteiger partial charge in [0.2, 0.25) is 0 Å². The molecule has 3 rings (SSSR count). The van der Waals surface area contributed by atoms with Crippen molar-refractivity contribution in [2.45, 2.75) is 12.5 Å². The highest BCUT2D eigenvalue weighted by atomic mass is 79.9. The van der Waals surface area contributed by atoms with Gasteiger partial charge in [0.15, 0.2) is 0 Å². The smallest absolute Gasteiger partial charge is 0.123 e. The Balaban J connectivity index is 1.95. The molecule has 2 aromatic rings. The lowest BCUT2D eigenvalue weighted by Gasteiger charge is -2.35. The molecular weight excluding hydrogens is 354 g/mol. The number of aromatic nitrogens is 1. The van der Waals surface area contributed by atoms with E-state index in [1.165, 1.54) is 5.56 Å². The second kappa shape index (κ2) is 7.90. The Bertz CT molecular complexity index is 629. The minimum atomic E-state index is 0.263. The summed E-state index contributed by atoms with van der Waals surface area (Å²) in [4.78, 5) is 7.05. The lowest BCUT2D eigenvalue weighted by Crippen LogP contribution is -2.45. The summed E-state index contributed by atoms with van der Waals surface area (Å²) in [6, 6.07) is 12.6. The van der Waals surface area contributed by atoms with Gasteiger partial charge in [-0.3, -0.25) is 9.88 Å². The predicted octanol–water partition coefficient (Wildman–Crippen LogP) is 3.04. The average molecular weight is 376 g/mol. The van der Waals surface area contributed by atoms with Crippen molar-refractivity contribution in [3.63, 3.8) is 0 Å². The van der Waals surface area contributed by atoms with Gasteiger partial charge in [-0.05, 0) is 30.3 Å². The number of piperazine rings is 1. The molecule has 1 unspecified atom stereocenters. The molecule has 1 fully saturated rings. The van der Waals surface area contributed by atoms with Gasteiger partial charge in [0.05, 0.1) is 7.11 Å². The Labute approximate surface area is 146 Å². The van der Waals surface area contributed by atoms with Crippen molar-refractivity contribution in [3.8, 4) is 5.75 Å². The number of hydrogen-bond donors (Lipinski definition) is 1. The molecule has 122 valence electrons. The molecule has 0 radical (unpaired) electrons. The van der Waals surface area contributed by atoms with E-state index in [4.69, 9.17) is 4.74 Å². The fraction of sp³-hybridized carbons (Fsp3) is 0.389. The van der Waals surface area contributed by atoms with Gasteiger partial charge in [0, 0.05) is 60.6 Å². The van der Waals surface area contributed by atoms with E-state index < -0.39 is 0 Å². The van der Waals surface area contributed by atoms with Gasteiger partial charge in [-0.15, -0.1) is 0 Å². The van der Waals surface area contributed by atoms with Crippen molar-refractivity contribution in [1.29, 1.82) is 0 Å². The molecule has 0 bridgehead atoms. The molecule has 1 aliphatic heterocycles. The van der Waals surface area contributed by atoms with E-state index in [0.717, 1.165) is 48.5 Å². The fourth-order valence-corrected chi connectivity index (χ4v) is 3.49. The number of nitrogens with zero attached hydrogens (tertiary/aromatic N) is 2. The molecule has 23 heavy (non-hydrogen) atoms. The molecule has 0 amide bonds. The van der Waals surface area contributed by atoms with Crippen molar-refractivity contribution < 1.29 is 4.74 Å². The number of rotatable bonds is 5. The van der Waals surface area contributed by atoms with Crippen molar-refractivity contribution in [1.82, 2.24) is 15.2 Å². The van der Waals surface area contributed by atoms with Crippen molar-refractivity contribution >= 4 is 15.9 Å². The zero-order valence-electron chi connectivity index (χ0n) is 13.3. The van der Waals surface area contributed by atoms with Crippen molar-refractivity contribution in [2.24, 2.45) is 0 Å². The third kappa shape index (κ3) is 4.10. The molecule has 2 heterocycles. The second-order valence-corrected chi connectivity index (χ2v) is 6.63. The van der Waals surface area contributed by atoms with Crippen LogP contribution >= 0.6 is 15.9 Å². The monoisotopic (exact) mass is 375 g/mol. The number of hydrogen-bond acceptors (Lipinski definition) is 4. The molecule has 5 heteroatoms. The van der Waals surface area contributed by atoms with E-state index in [9.17, 15) is 0 Å². The third-order valence-corrected chi connectivity index (χ3v) is 4.76. The van der Waals surface area contributed by atoms with E-state index in [0.29, 0.717) is 0 Å². The number of ether oxygens (including phenoxy) is 1. The van der Waals surface area contributed by atoms with E-state index in [-0.39, 0.29) is 6.04 Å². The van der Waals surface area contributed by atoms with E-state index in [2.05, 4.69) is 49.3 Å². The van der Waals surface area contributed by atoms with Crippen LogP contribution < -0.4 is 10.1 Å². The highest BCUT2D eigenvalue weighted by molar-refractivity contribution is 9.10. The maximum Gasteiger partial charge on any atom is 0.123 e. The predicted molar refractivity (Wildman–Crippen MR) is 95.8 cm³/mol. The number of halogens is 1. The summed E-state index contributed by atoms with van der Waals surface area (Å²) in [5, 5.41) is 3.43. The average Bonchev–Trinajstić information content (AvgIpc) is 2.61. The molecule has 1 aromatic carbocycles. The molecule has 0 saturated carbocycles. The van der Waals surface area contributed by atoms with Crippen molar-refractivity contribution in [3.05, 3.63) is 58.3 Å². The highest BCUT2D eigenvalue weighted by Gasteiger charge is 2.25. The van der Waals surface area contributed by atoms with Crippen LogP contribution in [0.1, 0.15) is 17.3 Å². The van der Waals surface area contributed by atoms with E-state index in [1.807, 2.05) is 24.4 Å². The van der Waals surface area contributed by atoms with Crippen LogP contribution in [-0.4, -0.2) is 43.2 Å². The Hall–Kier alpha value is -1.43. The first-order chi connectivity index (χ1) is 11.3. The SMILES string of the molecule is COc1ccc(Br)cc1C(Cc1ccccn1)N1CCNCC1. The Morgan fingerprint density at radius 2 is 2.09 bits per heavy atom. The van der Waals surface area contributed by atoms with Crippen LogP contribution in [-0.2, 0) is 6.42 Å². The first-order valence-electron chi connectivity index (χ1n) is 7.96. The maximum absolute atomic E-state index is 5.63. The Morgan fingerprint density at radius 3 is 2.78 bits per heavy atom. The molecule has 1 saturated heterocycles. The van der Waals surface area contributed by atoms with Gasteiger partial charge in [0.25, 0.3) is 0 Å². The zero-order chi connectivity index (χ0) is 16.1. The summed E-state index contributed by atoms with van der Waals surface area (Å²) in [7, 11) is 1.74. The molecule has 0 aliphatic carbocycles. The number of benzene rings is 1. The van der Waals surface area contributed by atoms with E-state index >= 15 is 0 Å². The van der Waals surface area contributed by atoms with Crippen LogP contribution in [0.5, 0.6) is 5.75 Å². The molecule has 1 aliphatic rings. The standard InChI is InChI=1S/C18H22BrN3O/c1-23-18-6-5-14(19)12-16(18)17(22-10-8-20-9-11-22)13-15-4-2-3-7-21-15/h2-7,12,17,20H,8-11,13H2,1H3.